The molecule has 362 valence electrons. The second kappa shape index (κ2) is 20.6. The summed E-state index contributed by atoms with van der Waals surface area (Å²) in [5, 5.41) is 14.3. The number of nitro benzene ring substituents is 1. The molecule has 0 aliphatic heterocycles. The van der Waals surface area contributed by atoms with Gasteiger partial charge in [0.15, 0.2) is 9.84 Å². The minimum absolute atomic E-state index is 0.0370. The standard InChI is InChI=1S/C51H63N7O8S2/c1-4-6-8-10-12-14-16-18-20-22-28-55(29-23-21-19-17-15-13-11-9-7-5-2)68(65,66)44-32-41-39(30-38(44)52)53-48-34-24-26-37-47-35(25-27-36(46(34)47)50(59)56(41)48)49-54-40-31-43(58(61)62)45(67(3,63)64)33-42(40)57(49)51(37)60/h24-27,30-33H,4-23,28-29,52H2,1-3H3. The normalized spacial score (nSPS) is 12.8. The lowest BCUT2D eigenvalue weighted by atomic mass is 9.96. The number of nitrogens with zero attached hydrogens (tertiary/aromatic N) is 6. The minimum Gasteiger partial charge on any atom is -0.398 e. The summed E-state index contributed by atoms with van der Waals surface area (Å²) in [5.74, 6) is 0. The lowest BCUT2D eigenvalue weighted by Crippen LogP contribution is -2.33. The molecule has 4 aromatic carbocycles. The van der Waals surface area contributed by atoms with E-state index in [1.807, 2.05) is 0 Å². The molecule has 0 fully saturated rings. The molecular formula is C51H63N7O8S2. The molecule has 0 saturated carbocycles. The molecule has 0 spiro atoms. The molecule has 17 heteroatoms. The van der Waals surface area contributed by atoms with E-state index in [0.29, 0.717) is 40.2 Å². The zero-order valence-electron chi connectivity index (χ0n) is 39.5. The molecule has 8 rings (SSSR count). The summed E-state index contributed by atoms with van der Waals surface area (Å²) in [6.45, 7) is 5.19. The summed E-state index contributed by atoms with van der Waals surface area (Å²) < 4.78 is 59.1. The van der Waals surface area contributed by atoms with Gasteiger partial charge in [-0.15, -0.1) is 0 Å². The minimum atomic E-state index is -4.10. The lowest BCUT2D eigenvalue weighted by molar-refractivity contribution is -0.387. The van der Waals surface area contributed by atoms with E-state index in [-0.39, 0.29) is 49.2 Å². The maximum Gasteiger partial charge on any atom is 0.290 e. The number of anilines is 1. The molecular weight excluding hydrogens is 903 g/mol. The van der Waals surface area contributed by atoms with Crippen LogP contribution in [0, 0.1) is 10.1 Å². The zero-order chi connectivity index (χ0) is 48.3. The van der Waals surface area contributed by atoms with E-state index in [0.717, 1.165) is 69.8 Å². The average Bonchev–Trinajstić information content (AvgIpc) is 3.88. The molecule has 0 saturated heterocycles. The van der Waals surface area contributed by atoms with Gasteiger partial charge < -0.3 is 5.73 Å². The number of unbranched alkanes of at least 4 members (excludes halogenated alkanes) is 18. The topological polar surface area (TPSA) is 209 Å². The molecule has 8 aromatic rings. The fourth-order valence-electron chi connectivity index (χ4n) is 10.2. The number of benzene rings is 4. The Morgan fingerprint density at radius 2 is 0.956 bits per heavy atom. The van der Waals surface area contributed by atoms with Crippen LogP contribution in [0.15, 0.2) is 67.9 Å². The third-order valence-corrected chi connectivity index (χ3v) is 16.8. The van der Waals surface area contributed by atoms with Gasteiger partial charge in [0.25, 0.3) is 16.8 Å². The molecule has 15 nitrogen and oxygen atoms in total. The van der Waals surface area contributed by atoms with Crippen molar-refractivity contribution in [3.63, 3.8) is 0 Å². The van der Waals surface area contributed by atoms with Crippen LogP contribution in [-0.2, 0) is 19.9 Å². The predicted octanol–water partition coefficient (Wildman–Crippen LogP) is 11.1. The van der Waals surface area contributed by atoms with Crippen LogP contribution in [0.1, 0.15) is 142 Å². The van der Waals surface area contributed by atoms with Gasteiger partial charge in [-0.2, -0.15) is 4.31 Å². The molecule has 2 N–H and O–H groups in total. The second-order valence-corrected chi connectivity index (χ2v) is 22.6. The van der Waals surface area contributed by atoms with Crippen molar-refractivity contribution in [1.29, 1.82) is 0 Å². The van der Waals surface area contributed by atoms with Crippen LogP contribution >= 0.6 is 0 Å². The fraction of sp³-hybridized carbons (Fsp3) is 0.490. The van der Waals surface area contributed by atoms with Crippen molar-refractivity contribution in [3.8, 4) is 0 Å². The number of imidazole rings is 2. The van der Waals surface area contributed by atoms with Crippen molar-refractivity contribution in [2.45, 2.75) is 152 Å². The van der Waals surface area contributed by atoms with E-state index in [2.05, 4.69) is 18.8 Å². The van der Waals surface area contributed by atoms with Gasteiger partial charge in [0.1, 0.15) is 21.1 Å². The Morgan fingerprint density at radius 3 is 1.37 bits per heavy atom. The zero-order valence-corrected chi connectivity index (χ0v) is 41.2. The quantitative estimate of drug-likeness (QED) is 0.0177. The number of nitro groups is 1. The molecule has 0 bridgehead atoms. The Kier molecular flexibility index (Phi) is 14.8. The smallest absolute Gasteiger partial charge is 0.290 e. The molecule has 0 aliphatic carbocycles. The molecule has 0 atom stereocenters. The van der Waals surface area contributed by atoms with Crippen LogP contribution in [0.4, 0.5) is 11.4 Å². The Hall–Kier alpha value is -5.52. The first-order chi connectivity index (χ1) is 32.7. The van der Waals surface area contributed by atoms with E-state index in [4.69, 9.17) is 10.7 Å². The fourth-order valence-corrected chi connectivity index (χ4v) is 12.6. The van der Waals surface area contributed by atoms with Gasteiger partial charge in [0, 0.05) is 57.7 Å². The van der Waals surface area contributed by atoms with E-state index < -0.39 is 46.5 Å². The number of hydrogen-bond donors (Lipinski definition) is 1. The number of sulfonamides is 1. The van der Waals surface area contributed by atoms with Crippen molar-refractivity contribution in [1.82, 2.24) is 23.1 Å². The van der Waals surface area contributed by atoms with Crippen LogP contribution in [0.2, 0.25) is 0 Å². The third kappa shape index (κ3) is 9.45. The molecule has 4 heterocycles. The van der Waals surface area contributed by atoms with Gasteiger partial charge in [-0.05, 0) is 55.3 Å². The highest BCUT2D eigenvalue weighted by Gasteiger charge is 2.30. The lowest BCUT2D eigenvalue weighted by Gasteiger charge is -2.23. The SMILES string of the molecule is CCCCCCCCCCCCN(CCCCCCCCCCCC)S(=O)(=O)c1cc2c(cc1N)nc1c3ccc4c(=O)n5c6cc(S(C)(=O)=O)c([N+](=O)[O-])cc6nc5c5ccc(c(=O)n21)c3c45. The average molecular weight is 966 g/mol. The van der Waals surface area contributed by atoms with Crippen molar-refractivity contribution < 1.29 is 21.8 Å². The summed E-state index contributed by atoms with van der Waals surface area (Å²) in [5.41, 5.74) is 6.13. The maximum absolute atomic E-state index is 14.8. The second-order valence-electron chi connectivity index (χ2n) is 18.7. The third-order valence-electron chi connectivity index (χ3n) is 13.8. The number of pyridine rings is 2. The highest BCUT2D eigenvalue weighted by atomic mass is 32.2. The van der Waals surface area contributed by atoms with Gasteiger partial charge >= 0.3 is 0 Å². The largest absolute Gasteiger partial charge is 0.398 e. The van der Waals surface area contributed by atoms with Crippen LogP contribution in [0.5, 0.6) is 0 Å². The summed E-state index contributed by atoms with van der Waals surface area (Å²) in [7, 11) is -8.17. The van der Waals surface area contributed by atoms with Crippen LogP contribution in [-0.4, -0.2) is 64.2 Å². The first-order valence-electron chi connectivity index (χ1n) is 24.6. The molecule has 0 radical (unpaired) electrons. The number of aromatic nitrogens is 4. The Labute approximate surface area is 396 Å². The van der Waals surface area contributed by atoms with Gasteiger partial charge in [-0.3, -0.25) is 28.5 Å². The maximum atomic E-state index is 14.8. The highest BCUT2D eigenvalue weighted by Crippen LogP contribution is 2.39. The van der Waals surface area contributed by atoms with Crippen LogP contribution < -0.4 is 16.9 Å². The van der Waals surface area contributed by atoms with Crippen molar-refractivity contribution >= 4 is 96.9 Å². The Balaban J connectivity index is 1.14. The summed E-state index contributed by atoms with van der Waals surface area (Å²) in [4.78, 5) is 49.1. The van der Waals surface area contributed by atoms with Gasteiger partial charge in [0.2, 0.25) is 10.0 Å². The van der Waals surface area contributed by atoms with Crippen molar-refractivity contribution in [3.05, 3.63) is 79.4 Å². The van der Waals surface area contributed by atoms with E-state index in [1.165, 1.54) is 98.0 Å². The van der Waals surface area contributed by atoms with E-state index >= 15 is 0 Å². The first kappa shape index (κ1) is 48.9. The monoisotopic (exact) mass is 965 g/mol. The van der Waals surface area contributed by atoms with Crippen LogP contribution in [0.3, 0.4) is 0 Å². The van der Waals surface area contributed by atoms with E-state index in [1.54, 1.807) is 28.6 Å². The highest BCUT2D eigenvalue weighted by molar-refractivity contribution is 7.91. The van der Waals surface area contributed by atoms with Gasteiger partial charge in [-0.1, -0.05) is 129 Å². The summed E-state index contributed by atoms with van der Waals surface area (Å²) in [6, 6.07) is 11.7. The number of sulfone groups is 1. The first-order valence-corrected chi connectivity index (χ1v) is 27.9. The summed E-state index contributed by atoms with van der Waals surface area (Å²) >= 11 is 0. The Morgan fingerprint density at radius 1 is 0.574 bits per heavy atom. The molecule has 0 aliphatic rings. The van der Waals surface area contributed by atoms with Crippen LogP contribution in [0.25, 0.3) is 65.7 Å². The van der Waals surface area contributed by atoms with E-state index in [9.17, 15) is 36.5 Å². The number of hydrogen-bond acceptors (Lipinski definition) is 11. The molecule has 0 unspecified atom stereocenters. The molecule has 68 heavy (non-hydrogen) atoms. The molecule has 0 amide bonds. The van der Waals surface area contributed by atoms with Gasteiger partial charge in [-0.25, -0.2) is 26.8 Å². The van der Waals surface area contributed by atoms with Gasteiger partial charge in [0.05, 0.1) is 32.7 Å². The Bertz CT molecular complexity index is 3470. The predicted molar refractivity (Wildman–Crippen MR) is 273 cm³/mol. The molecule has 4 aromatic heterocycles. The van der Waals surface area contributed by atoms with Crippen molar-refractivity contribution in [2.75, 3.05) is 25.1 Å². The number of nitrogens with two attached hydrogens (primary N) is 1. The number of fused-ring (bicyclic) bond motifs is 8. The summed E-state index contributed by atoms with van der Waals surface area (Å²) in [6.07, 6.45) is 23.6. The number of rotatable bonds is 26. The van der Waals surface area contributed by atoms with Crippen molar-refractivity contribution in [2.24, 2.45) is 0 Å². The number of nitrogen functional groups attached to an aromatic ring is 1.